The first-order chi connectivity index (χ1) is 13.4. The predicted octanol–water partition coefficient (Wildman–Crippen LogP) is 2.88. The van der Waals surface area contributed by atoms with E-state index in [1.165, 1.54) is 0 Å². The van der Waals surface area contributed by atoms with Crippen LogP contribution in [0.15, 0.2) is 24.3 Å². The zero-order valence-corrected chi connectivity index (χ0v) is 17.7. The molecule has 3 rings (SSSR count). The van der Waals surface area contributed by atoms with Crippen molar-refractivity contribution >= 4 is 5.91 Å². The number of amides is 1. The van der Waals surface area contributed by atoms with Crippen LogP contribution < -0.4 is 10.1 Å². The number of nitrogens with one attached hydrogen (secondary N) is 1. The quantitative estimate of drug-likeness (QED) is 0.832. The molecule has 6 heteroatoms. The third-order valence-electron chi connectivity index (χ3n) is 5.46. The van der Waals surface area contributed by atoms with Gasteiger partial charge < -0.3 is 15.0 Å². The second-order valence-electron chi connectivity index (χ2n) is 7.95. The van der Waals surface area contributed by atoms with E-state index in [4.69, 9.17) is 4.74 Å². The second kappa shape index (κ2) is 8.78. The van der Waals surface area contributed by atoms with Gasteiger partial charge in [-0.1, -0.05) is 32.0 Å². The fraction of sp³-hybridized carbons (Fsp3) is 0.545. The minimum atomic E-state index is -0.0243. The summed E-state index contributed by atoms with van der Waals surface area (Å²) in [6.45, 7) is 11.5. The Morgan fingerprint density at radius 1 is 1.32 bits per heavy atom. The Morgan fingerprint density at radius 3 is 2.79 bits per heavy atom. The lowest BCUT2D eigenvalue weighted by Crippen LogP contribution is -2.49. The lowest BCUT2D eigenvalue weighted by atomic mass is 10.0. The van der Waals surface area contributed by atoms with Gasteiger partial charge in [-0.05, 0) is 25.8 Å². The minimum absolute atomic E-state index is 0.0243. The maximum atomic E-state index is 13.3. The molecule has 1 aliphatic heterocycles. The van der Waals surface area contributed by atoms with Gasteiger partial charge in [0.1, 0.15) is 5.75 Å². The molecular formula is C22H32N4O2. The molecule has 0 aliphatic carbocycles. The van der Waals surface area contributed by atoms with Gasteiger partial charge >= 0.3 is 0 Å². The average molecular weight is 385 g/mol. The summed E-state index contributed by atoms with van der Waals surface area (Å²) in [5, 5.41) is 8.08. The van der Waals surface area contributed by atoms with Gasteiger partial charge in [0.15, 0.2) is 0 Å². The number of carbonyl (C=O) groups excluding carboxylic acids is 1. The Morgan fingerprint density at radius 2 is 2.07 bits per heavy atom. The van der Waals surface area contributed by atoms with Gasteiger partial charge in [-0.2, -0.15) is 5.10 Å². The molecule has 1 aromatic carbocycles. The lowest BCUT2D eigenvalue weighted by Gasteiger charge is -2.37. The molecule has 1 fully saturated rings. The number of aromatic nitrogens is 2. The Kier molecular flexibility index (Phi) is 6.39. The first-order valence-corrected chi connectivity index (χ1v) is 10.1. The van der Waals surface area contributed by atoms with Crippen molar-refractivity contribution in [1.82, 2.24) is 20.0 Å². The van der Waals surface area contributed by atoms with Crippen LogP contribution >= 0.6 is 0 Å². The SMILES string of the molecule is COc1ccccc1C1CNCCN1C(=O)Cc1c(C)nn(CC(C)C)c1C. The first kappa shape index (κ1) is 20.4. The highest BCUT2D eigenvalue weighted by molar-refractivity contribution is 5.80. The second-order valence-corrected chi connectivity index (χ2v) is 7.95. The van der Waals surface area contributed by atoms with Crippen molar-refractivity contribution in [3.8, 4) is 5.75 Å². The summed E-state index contributed by atoms with van der Waals surface area (Å²) < 4.78 is 7.58. The van der Waals surface area contributed by atoms with Gasteiger partial charge in [-0.15, -0.1) is 0 Å². The number of hydrogen-bond acceptors (Lipinski definition) is 4. The highest BCUT2D eigenvalue weighted by Crippen LogP contribution is 2.31. The van der Waals surface area contributed by atoms with Crippen LogP contribution in [0.1, 0.15) is 42.4 Å². The number of nitrogens with zero attached hydrogens (tertiary/aromatic N) is 3. The fourth-order valence-electron chi connectivity index (χ4n) is 3.99. The molecule has 152 valence electrons. The third-order valence-corrected chi connectivity index (χ3v) is 5.46. The minimum Gasteiger partial charge on any atom is -0.496 e. The normalized spacial score (nSPS) is 17.2. The zero-order chi connectivity index (χ0) is 20.3. The van der Waals surface area contributed by atoms with Gasteiger partial charge in [0, 0.05) is 43.0 Å². The van der Waals surface area contributed by atoms with Gasteiger partial charge in [0.05, 0.1) is 25.3 Å². The number of para-hydroxylation sites is 1. The average Bonchev–Trinajstić information content (AvgIpc) is 2.94. The molecule has 1 unspecified atom stereocenters. The Balaban J connectivity index is 1.84. The number of ether oxygens (including phenoxy) is 1. The van der Waals surface area contributed by atoms with E-state index in [0.717, 1.165) is 47.9 Å². The zero-order valence-electron chi connectivity index (χ0n) is 17.7. The van der Waals surface area contributed by atoms with Crippen LogP contribution in [-0.4, -0.2) is 47.3 Å². The largest absolute Gasteiger partial charge is 0.496 e. The summed E-state index contributed by atoms with van der Waals surface area (Å²) in [5.41, 5.74) is 4.16. The van der Waals surface area contributed by atoms with E-state index in [0.29, 0.717) is 18.9 Å². The predicted molar refractivity (Wildman–Crippen MR) is 111 cm³/mol. The molecule has 0 radical (unpaired) electrons. The smallest absolute Gasteiger partial charge is 0.227 e. The highest BCUT2D eigenvalue weighted by Gasteiger charge is 2.30. The van der Waals surface area contributed by atoms with Crippen LogP contribution in [0.2, 0.25) is 0 Å². The summed E-state index contributed by atoms with van der Waals surface area (Å²) in [6.07, 6.45) is 0.390. The monoisotopic (exact) mass is 384 g/mol. The number of methoxy groups -OCH3 is 1. The van der Waals surface area contributed by atoms with E-state index in [2.05, 4.69) is 31.2 Å². The number of carbonyl (C=O) groups is 1. The molecule has 2 heterocycles. The maximum Gasteiger partial charge on any atom is 0.227 e. The molecule has 6 nitrogen and oxygen atoms in total. The van der Waals surface area contributed by atoms with Crippen molar-refractivity contribution in [2.24, 2.45) is 5.92 Å². The van der Waals surface area contributed by atoms with Gasteiger partial charge in [-0.3, -0.25) is 9.48 Å². The van der Waals surface area contributed by atoms with Crippen molar-refractivity contribution in [2.75, 3.05) is 26.7 Å². The van der Waals surface area contributed by atoms with Crippen molar-refractivity contribution < 1.29 is 9.53 Å². The van der Waals surface area contributed by atoms with Gasteiger partial charge in [0.2, 0.25) is 5.91 Å². The number of hydrogen-bond donors (Lipinski definition) is 1. The molecule has 2 aromatic rings. The molecule has 1 amide bonds. The van der Waals surface area contributed by atoms with E-state index >= 15 is 0 Å². The van der Waals surface area contributed by atoms with Gasteiger partial charge in [-0.25, -0.2) is 0 Å². The lowest BCUT2D eigenvalue weighted by molar-refractivity contribution is -0.133. The number of benzene rings is 1. The van der Waals surface area contributed by atoms with Crippen LogP contribution in [0, 0.1) is 19.8 Å². The third kappa shape index (κ3) is 4.22. The Labute approximate surface area is 167 Å². The maximum absolute atomic E-state index is 13.3. The molecular weight excluding hydrogens is 352 g/mol. The summed E-state index contributed by atoms with van der Waals surface area (Å²) in [6, 6.07) is 7.94. The van der Waals surface area contributed by atoms with Crippen LogP contribution in [0.5, 0.6) is 5.75 Å². The van der Waals surface area contributed by atoms with E-state index in [9.17, 15) is 4.79 Å². The van der Waals surface area contributed by atoms with E-state index < -0.39 is 0 Å². The van der Waals surface area contributed by atoms with Crippen LogP contribution in [-0.2, 0) is 17.8 Å². The van der Waals surface area contributed by atoms with Crippen molar-refractivity contribution in [1.29, 1.82) is 0 Å². The van der Waals surface area contributed by atoms with Crippen molar-refractivity contribution in [2.45, 2.75) is 46.7 Å². The standard InChI is InChI=1S/C22H32N4O2/c1-15(2)14-26-17(4)19(16(3)24-26)12-22(27)25-11-10-23-13-20(25)18-8-6-7-9-21(18)28-5/h6-9,15,20,23H,10-14H2,1-5H3. The molecule has 1 atom stereocenters. The number of aryl methyl sites for hydroxylation is 1. The van der Waals surface area contributed by atoms with Crippen LogP contribution in [0.25, 0.3) is 0 Å². The molecule has 0 saturated carbocycles. The number of piperazine rings is 1. The molecule has 1 aliphatic rings. The summed E-state index contributed by atoms with van der Waals surface area (Å²) in [4.78, 5) is 15.3. The molecule has 1 saturated heterocycles. The van der Waals surface area contributed by atoms with E-state index in [-0.39, 0.29) is 11.9 Å². The van der Waals surface area contributed by atoms with Crippen molar-refractivity contribution in [3.63, 3.8) is 0 Å². The summed E-state index contributed by atoms with van der Waals surface area (Å²) in [5.74, 6) is 1.49. The van der Waals surface area contributed by atoms with Crippen LogP contribution in [0.4, 0.5) is 0 Å². The number of rotatable bonds is 6. The molecule has 0 bridgehead atoms. The molecule has 28 heavy (non-hydrogen) atoms. The topological polar surface area (TPSA) is 59.4 Å². The highest BCUT2D eigenvalue weighted by atomic mass is 16.5. The van der Waals surface area contributed by atoms with Crippen LogP contribution in [0.3, 0.4) is 0 Å². The Bertz CT molecular complexity index is 828. The van der Waals surface area contributed by atoms with E-state index in [1.54, 1.807) is 7.11 Å². The molecule has 0 spiro atoms. The molecule has 1 N–H and O–H groups in total. The van der Waals surface area contributed by atoms with Gasteiger partial charge in [0.25, 0.3) is 0 Å². The van der Waals surface area contributed by atoms with E-state index in [1.807, 2.05) is 40.8 Å². The first-order valence-electron chi connectivity index (χ1n) is 10.1. The van der Waals surface area contributed by atoms with Crippen molar-refractivity contribution in [3.05, 3.63) is 46.8 Å². The fourth-order valence-corrected chi connectivity index (χ4v) is 3.99. The molecule has 1 aromatic heterocycles. The summed E-state index contributed by atoms with van der Waals surface area (Å²) in [7, 11) is 1.68. The summed E-state index contributed by atoms with van der Waals surface area (Å²) >= 11 is 0. The Hall–Kier alpha value is -2.34.